The SMILES string of the molecule is C[C@](N)(c1ccc(F)cc1)c1cnc(N2CC=C(c3ncnn4cc(-c5cnn(C6COC6)c5)cc34)CC2)nc1. The van der Waals surface area contributed by atoms with Crippen LogP contribution < -0.4 is 10.6 Å². The highest BCUT2D eigenvalue weighted by Gasteiger charge is 2.26. The monoisotopic (exact) mass is 537 g/mol. The van der Waals surface area contributed by atoms with Gasteiger partial charge in [0.2, 0.25) is 5.95 Å². The molecule has 1 fully saturated rings. The van der Waals surface area contributed by atoms with E-state index in [-0.39, 0.29) is 5.82 Å². The second-order valence-electron chi connectivity index (χ2n) is 10.5. The molecule has 2 aliphatic heterocycles. The van der Waals surface area contributed by atoms with Crippen molar-refractivity contribution in [3.63, 3.8) is 0 Å². The van der Waals surface area contributed by atoms with E-state index in [2.05, 4.69) is 48.4 Å². The van der Waals surface area contributed by atoms with Gasteiger partial charge in [0.25, 0.3) is 0 Å². The molecule has 4 aromatic heterocycles. The van der Waals surface area contributed by atoms with Gasteiger partial charge in [0.1, 0.15) is 12.1 Å². The van der Waals surface area contributed by atoms with Gasteiger partial charge in [0.15, 0.2) is 0 Å². The smallest absolute Gasteiger partial charge is 0.225 e. The van der Waals surface area contributed by atoms with Gasteiger partial charge in [-0.15, -0.1) is 0 Å². The zero-order valence-electron chi connectivity index (χ0n) is 22.0. The molecule has 5 aromatic rings. The molecule has 0 aliphatic carbocycles. The third-order valence-electron chi connectivity index (χ3n) is 7.81. The maximum absolute atomic E-state index is 13.4. The van der Waals surface area contributed by atoms with Crippen molar-refractivity contribution in [2.45, 2.75) is 24.9 Å². The average Bonchev–Trinajstić information content (AvgIpc) is 3.60. The zero-order valence-corrected chi connectivity index (χ0v) is 22.0. The fourth-order valence-corrected chi connectivity index (χ4v) is 5.18. The van der Waals surface area contributed by atoms with Crippen molar-refractivity contribution in [2.24, 2.45) is 5.73 Å². The maximum atomic E-state index is 13.4. The van der Waals surface area contributed by atoms with E-state index in [4.69, 9.17) is 10.5 Å². The van der Waals surface area contributed by atoms with E-state index in [9.17, 15) is 4.39 Å². The number of aromatic nitrogens is 7. The molecule has 0 bridgehead atoms. The minimum absolute atomic E-state index is 0.295. The Morgan fingerprint density at radius 2 is 1.77 bits per heavy atom. The number of halogens is 1. The van der Waals surface area contributed by atoms with Gasteiger partial charge in [-0.25, -0.2) is 23.9 Å². The number of anilines is 1. The molecule has 2 N–H and O–H groups in total. The molecule has 0 radical (unpaired) electrons. The number of hydrogen-bond acceptors (Lipinski definition) is 8. The molecule has 40 heavy (non-hydrogen) atoms. The number of benzene rings is 1. The molecule has 2 aliphatic rings. The minimum Gasteiger partial charge on any atom is -0.377 e. The highest BCUT2D eigenvalue weighted by atomic mass is 19.1. The quantitative estimate of drug-likeness (QED) is 0.350. The first kappa shape index (κ1) is 24.6. The third-order valence-corrected chi connectivity index (χ3v) is 7.81. The second kappa shape index (κ2) is 9.61. The molecule has 0 saturated carbocycles. The highest BCUT2D eigenvalue weighted by molar-refractivity contribution is 5.80. The summed E-state index contributed by atoms with van der Waals surface area (Å²) in [6, 6.07) is 8.63. The Labute approximate surface area is 230 Å². The van der Waals surface area contributed by atoms with Crippen molar-refractivity contribution in [2.75, 3.05) is 31.2 Å². The summed E-state index contributed by atoms with van der Waals surface area (Å²) in [6.07, 6.45) is 14.0. The van der Waals surface area contributed by atoms with Crippen LogP contribution in [0.15, 0.2) is 73.7 Å². The first-order valence-corrected chi connectivity index (χ1v) is 13.2. The Morgan fingerprint density at radius 3 is 2.48 bits per heavy atom. The number of ether oxygens (including phenoxy) is 1. The molecule has 0 spiro atoms. The lowest BCUT2D eigenvalue weighted by molar-refractivity contribution is -0.0286. The van der Waals surface area contributed by atoms with Crippen molar-refractivity contribution in [3.8, 4) is 11.1 Å². The van der Waals surface area contributed by atoms with Crippen LogP contribution in [0.25, 0.3) is 22.2 Å². The summed E-state index contributed by atoms with van der Waals surface area (Å²) < 4.78 is 22.5. The molecule has 1 saturated heterocycles. The van der Waals surface area contributed by atoms with E-state index in [0.717, 1.165) is 52.0 Å². The van der Waals surface area contributed by atoms with Crippen molar-refractivity contribution < 1.29 is 9.13 Å². The lowest BCUT2D eigenvalue weighted by Gasteiger charge is -2.28. The molecule has 0 unspecified atom stereocenters. The van der Waals surface area contributed by atoms with Gasteiger partial charge in [0, 0.05) is 54.6 Å². The second-order valence-corrected chi connectivity index (χ2v) is 10.5. The number of rotatable bonds is 6. The largest absolute Gasteiger partial charge is 0.377 e. The van der Waals surface area contributed by atoms with Crippen LogP contribution >= 0.6 is 0 Å². The van der Waals surface area contributed by atoms with E-state index in [1.165, 1.54) is 12.1 Å². The van der Waals surface area contributed by atoms with Crippen LogP contribution in [0.2, 0.25) is 0 Å². The summed E-state index contributed by atoms with van der Waals surface area (Å²) in [5.41, 5.74) is 12.4. The van der Waals surface area contributed by atoms with E-state index >= 15 is 0 Å². The molecule has 1 aromatic carbocycles. The van der Waals surface area contributed by atoms with Gasteiger partial charge in [-0.1, -0.05) is 18.2 Å². The van der Waals surface area contributed by atoms with Crippen LogP contribution in [0.4, 0.5) is 10.3 Å². The summed E-state index contributed by atoms with van der Waals surface area (Å²) >= 11 is 0. The van der Waals surface area contributed by atoms with Gasteiger partial charge < -0.3 is 15.4 Å². The summed E-state index contributed by atoms with van der Waals surface area (Å²) in [4.78, 5) is 16.0. The van der Waals surface area contributed by atoms with Gasteiger partial charge in [-0.3, -0.25) is 4.68 Å². The number of fused-ring (bicyclic) bond motifs is 1. The molecular formula is C29H28FN9O. The first-order valence-electron chi connectivity index (χ1n) is 13.2. The first-order chi connectivity index (χ1) is 19.5. The van der Waals surface area contributed by atoms with Crippen LogP contribution in [-0.2, 0) is 10.3 Å². The van der Waals surface area contributed by atoms with E-state index in [0.29, 0.717) is 31.7 Å². The Balaban J connectivity index is 1.09. The summed E-state index contributed by atoms with van der Waals surface area (Å²) in [7, 11) is 0. The van der Waals surface area contributed by atoms with Crippen molar-refractivity contribution >= 4 is 17.0 Å². The topological polar surface area (TPSA) is 112 Å². The van der Waals surface area contributed by atoms with E-state index in [1.807, 2.05) is 28.5 Å². The Hall–Kier alpha value is -4.48. The number of nitrogens with two attached hydrogens (primary N) is 1. The van der Waals surface area contributed by atoms with Crippen molar-refractivity contribution in [1.82, 2.24) is 34.3 Å². The summed E-state index contributed by atoms with van der Waals surface area (Å²) in [6.45, 7) is 4.70. The van der Waals surface area contributed by atoms with Crippen LogP contribution in [-0.4, -0.2) is 60.6 Å². The van der Waals surface area contributed by atoms with Gasteiger partial charge >= 0.3 is 0 Å². The predicted molar refractivity (Wildman–Crippen MR) is 148 cm³/mol. The average molecular weight is 538 g/mol. The van der Waals surface area contributed by atoms with E-state index < -0.39 is 5.54 Å². The van der Waals surface area contributed by atoms with Crippen molar-refractivity contribution in [1.29, 1.82) is 0 Å². The predicted octanol–water partition coefficient (Wildman–Crippen LogP) is 3.61. The number of hydrogen-bond donors (Lipinski definition) is 1. The molecule has 10 nitrogen and oxygen atoms in total. The molecule has 7 rings (SSSR count). The Kier molecular flexibility index (Phi) is 5.90. The third kappa shape index (κ3) is 4.33. The van der Waals surface area contributed by atoms with Gasteiger partial charge in [-0.05, 0) is 42.7 Å². The van der Waals surface area contributed by atoms with Crippen LogP contribution in [0.1, 0.15) is 36.2 Å². The maximum Gasteiger partial charge on any atom is 0.225 e. The Bertz CT molecular complexity index is 1700. The molecule has 0 amide bonds. The van der Waals surface area contributed by atoms with Crippen LogP contribution in [0, 0.1) is 5.82 Å². The molecule has 1 atom stereocenters. The lowest BCUT2D eigenvalue weighted by atomic mass is 9.87. The molecule has 202 valence electrons. The van der Waals surface area contributed by atoms with Gasteiger partial charge in [0.05, 0.1) is 42.2 Å². The van der Waals surface area contributed by atoms with Gasteiger partial charge in [-0.2, -0.15) is 10.2 Å². The Morgan fingerprint density at radius 1 is 0.975 bits per heavy atom. The lowest BCUT2D eigenvalue weighted by Crippen LogP contribution is -2.35. The van der Waals surface area contributed by atoms with Crippen LogP contribution in [0.3, 0.4) is 0 Å². The molecular weight excluding hydrogens is 509 g/mol. The van der Waals surface area contributed by atoms with Crippen LogP contribution in [0.5, 0.6) is 0 Å². The summed E-state index contributed by atoms with van der Waals surface area (Å²) in [5.74, 6) is 0.344. The normalized spacial score (nSPS) is 17.5. The molecule has 6 heterocycles. The highest BCUT2D eigenvalue weighted by Crippen LogP contribution is 2.31. The minimum atomic E-state index is -0.833. The standard InChI is InChI=1S/C29H28FN9O/c1-29(31,22-2-4-24(30)5-3-22)23-12-32-28(33-13-23)37-8-6-19(7-9-37)27-26-10-20(14-39(26)36-18-34-27)21-11-35-38(15-21)25-16-40-17-25/h2-6,10-15,18,25H,7-9,16-17,31H2,1H3/t29-/m0/s1. The molecule has 11 heteroatoms. The van der Waals surface area contributed by atoms with Crippen molar-refractivity contribution in [3.05, 3.63) is 96.4 Å². The summed E-state index contributed by atoms with van der Waals surface area (Å²) in [5, 5.41) is 8.95. The zero-order chi connectivity index (χ0) is 27.3. The number of nitrogens with zero attached hydrogens (tertiary/aromatic N) is 8. The van der Waals surface area contributed by atoms with E-state index in [1.54, 1.807) is 30.9 Å². The fraction of sp³-hybridized carbons (Fsp3) is 0.276. The fourth-order valence-electron chi connectivity index (χ4n) is 5.18.